The number of hydrogen-bond acceptors (Lipinski definition) is 7. The standard InChI is InChI=1S/C20H20FN3O6S/c1-12-3-5-14(6-4-12)22-19(26)11-31-13(2)20(27)30-10-18(25)23-17-9-15(24(28)29)7-8-16(17)21/h3-9,13H,10-11H2,1-2H3,(H,22,26)(H,23,25). The molecule has 0 radical (unpaired) electrons. The van der Waals surface area contributed by atoms with Crippen molar-refractivity contribution in [2.45, 2.75) is 19.1 Å². The lowest BCUT2D eigenvalue weighted by Gasteiger charge is -2.12. The third-order valence-corrected chi connectivity index (χ3v) is 5.03. The minimum absolute atomic E-state index is 0.00473. The van der Waals surface area contributed by atoms with E-state index in [9.17, 15) is 28.9 Å². The summed E-state index contributed by atoms with van der Waals surface area (Å²) >= 11 is 1.03. The molecular weight excluding hydrogens is 429 g/mol. The quantitative estimate of drug-likeness (QED) is 0.342. The van der Waals surface area contributed by atoms with Crippen LogP contribution in [0, 0.1) is 22.9 Å². The van der Waals surface area contributed by atoms with Crippen molar-refractivity contribution in [3.63, 3.8) is 0 Å². The molecule has 0 bridgehead atoms. The van der Waals surface area contributed by atoms with Gasteiger partial charge in [0.05, 0.1) is 16.4 Å². The van der Waals surface area contributed by atoms with E-state index in [1.807, 2.05) is 19.1 Å². The van der Waals surface area contributed by atoms with Crippen molar-refractivity contribution in [3.8, 4) is 0 Å². The van der Waals surface area contributed by atoms with E-state index in [0.29, 0.717) is 5.69 Å². The van der Waals surface area contributed by atoms with Gasteiger partial charge in [0.15, 0.2) is 6.61 Å². The Morgan fingerprint density at radius 1 is 1.13 bits per heavy atom. The maximum absolute atomic E-state index is 13.7. The van der Waals surface area contributed by atoms with Gasteiger partial charge in [-0.1, -0.05) is 17.7 Å². The van der Waals surface area contributed by atoms with Crippen molar-refractivity contribution in [1.29, 1.82) is 0 Å². The molecule has 0 spiro atoms. The number of aryl methyl sites for hydroxylation is 1. The number of thioether (sulfide) groups is 1. The predicted molar refractivity (Wildman–Crippen MR) is 114 cm³/mol. The highest BCUT2D eigenvalue weighted by atomic mass is 32.2. The van der Waals surface area contributed by atoms with Crippen LogP contribution in [0.5, 0.6) is 0 Å². The van der Waals surface area contributed by atoms with E-state index in [2.05, 4.69) is 10.6 Å². The number of nitrogens with zero attached hydrogens (tertiary/aromatic N) is 1. The van der Waals surface area contributed by atoms with Gasteiger partial charge in [-0.05, 0) is 32.0 Å². The molecule has 2 rings (SSSR count). The van der Waals surface area contributed by atoms with Gasteiger partial charge < -0.3 is 15.4 Å². The van der Waals surface area contributed by atoms with Gasteiger partial charge in [-0.3, -0.25) is 24.5 Å². The largest absolute Gasteiger partial charge is 0.455 e. The third kappa shape index (κ3) is 7.70. The minimum atomic E-state index is -0.867. The molecule has 0 saturated heterocycles. The first-order chi connectivity index (χ1) is 14.7. The summed E-state index contributed by atoms with van der Waals surface area (Å²) < 4.78 is 18.5. The fourth-order valence-electron chi connectivity index (χ4n) is 2.27. The molecule has 11 heteroatoms. The van der Waals surface area contributed by atoms with Crippen molar-refractivity contribution < 1.29 is 28.4 Å². The second kappa shape index (κ2) is 11.1. The highest BCUT2D eigenvalue weighted by molar-refractivity contribution is 8.01. The summed E-state index contributed by atoms with van der Waals surface area (Å²) in [5, 5.41) is 14.8. The van der Waals surface area contributed by atoms with Crippen LogP contribution in [0.25, 0.3) is 0 Å². The molecule has 2 aromatic rings. The van der Waals surface area contributed by atoms with Crippen LogP contribution >= 0.6 is 11.8 Å². The number of nitro groups is 1. The molecule has 1 unspecified atom stereocenters. The van der Waals surface area contributed by atoms with Crippen molar-refractivity contribution in [2.75, 3.05) is 23.0 Å². The van der Waals surface area contributed by atoms with Crippen molar-refractivity contribution in [2.24, 2.45) is 0 Å². The summed E-state index contributed by atoms with van der Waals surface area (Å²) in [5.74, 6) is -2.76. The topological polar surface area (TPSA) is 128 Å². The molecule has 0 aliphatic heterocycles. The van der Waals surface area contributed by atoms with Crippen molar-refractivity contribution in [3.05, 3.63) is 64.0 Å². The van der Waals surface area contributed by atoms with Crippen molar-refractivity contribution in [1.82, 2.24) is 0 Å². The zero-order valence-electron chi connectivity index (χ0n) is 16.7. The Bertz CT molecular complexity index is 983. The number of benzene rings is 2. The van der Waals surface area contributed by atoms with Gasteiger partial charge in [-0.15, -0.1) is 11.8 Å². The first-order valence-electron chi connectivity index (χ1n) is 9.04. The van der Waals surface area contributed by atoms with E-state index in [1.54, 1.807) is 12.1 Å². The van der Waals surface area contributed by atoms with Gasteiger partial charge in [0.1, 0.15) is 11.1 Å². The maximum Gasteiger partial charge on any atom is 0.319 e. The number of nitro benzene ring substituents is 1. The number of carbonyl (C=O) groups excluding carboxylic acids is 3. The molecule has 0 heterocycles. The number of esters is 1. The lowest BCUT2D eigenvalue weighted by molar-refractivity contribution is -0.384. The Kier molecular flexibility index (Phi) is 8.50. The Morgan fingerprint density at radius 2 is 1.81 bits per heavy atom. The van der Waals surface area contributed by atoms with Gasteiger partial charge >= 0.3 is 5.97 Å². The molecule has 2 N–H and O–H groups in total. The van der Waals surface area contributed by atoms with Gasteiger partial charge in [0.25, 0.3) is 11.6 Å². The van der Waals surface area contributed by atoms with Gasteiger partial charge in [0.2, 0.25) is 5.91 Å². The van der Waals surface area contributed by atoms with E-state index >= 15 is 0 Å². The second-order valence-corrected chi connectivity index (χ2v) is 7.77. The number of ether oxygens (including phenoxy) is 1. The van der Waals surface area contributed by atoms with Crippen LogP contribution in [0.4, 0.5) is 21.5 Å². The zero-order valence-corrected chi connectivity index (χ0v) is 17.5. The number of hydrogen-bond donors (Lipinski definition) is 2. The summed E-state index contributed by atoms with van der Waals surface area (Å²) in [5.41, 5.74) is 0.894. The normalized spacial score (nSPS) is 11.3. The Morgan fingerprint density at radius 3 is 2.45 bits per heavy atom. The van der Waals surface area contributed by atoms with E-state index in [-0.39, 0.29) is 11.7 Å². The van der Waals surface area contributed by atoms with Gasteiger partial charge in [0, 0.05) is 17.8 Å². The molecule has 0 aromatic heterocycles. The number of carbonyl (C=O) groups is 3. The van der Waals surface area contributed by atoms with Crippen LogP contribution in [0.15, 0.2) is 42.5 Å². The Balaban J connectivity index is 1.76. The van der Waals surface area contributed by atoms with Crippen LogP contribution < -0.4 is 10.6 Å². The van der Waals surface area contributed by atoms with Gasteiger partial charge in [-0.2, -0.15) is 0 Å². The van der Waals surface area contributed by atoms with E-state index in [1.165, 1.54) is 6.92 Å². The van der Waals surface area contributed by atoms with E-state index in [4.69, 9.17) is 4.74 Å². The van der Waals surface area contributed by atoms with E-state index in [0.717, 1.165) is 35.5 Å². The number of nitrogens with one attached hydrogen (secondary N) is 2. The molecule has 0 aliphatic rings. The molecule has 1 atom stereocenters. The first-order valence-corrected chi connectivity index (χ1v) is 10.1. The Hall–Kier alpha value is -3.47. The number of anilines is 2. The molecular formula is C20H20FN3O6S. The second-order valence-electron chi connectivity index (χ2n) is 6.44. The first kappa shape index (κ1) is 23.8. The lowest BCUT2D eigenvalue weighted by Crippen LogP contribution is -2.26. The fraction of sp³-hybridized carbons (Fsp3) is 0.250. The summed E-state index contributed by atoms with van der Waals surface area (Å²) in [7, 11) is 0. The smallest absolute Gasteiger partial charge is 0.319 e. The maximum atomic E-state index is 13.7. The lowest BCUT2D eigenvalue weighted by atomic mass is 10.2. The summed E-state index contributed by atoms with van der Waals surface area (Å²) in [6.07, 6.45) is 0. The number of halogens is 1. The van der Waals surface area contributed by atoms with Crippen LogP contribution in [-0.4, -0.2) is 40.3 Å². The van der Waals surface area contributed by atoms with Crippen LogP contribution in [-0.2, 0) is 19.1 Å². The molecule has 0 aliphatic carbocycles. The molecule has 0 saturated carbocycles. The number of non-ortho nitro benzene ring substituents is 1. The van der Waals surface area contributed by atoms with E-state index < -0.39 is 45.8 Å². The fourth-order valence-corrected chi connectivity index (χ4v) is 2.94. The number of rotatable bonds is 9. The Labute approximate surface area is 181 Å². The zero-order chi connectivity index (χ0) is 23.0. The average Bonchev–Trinajstić information content (AvgIpc) is 2.73. The number of amides is 2. The monoisotopic (exact) mass is 449 g/mol. The molecule has 2 amide bonds. The summed E-state index contributed by atoms with van der Waals surface area (Å²) in [4.78, 5) is 45.8. The summed E-state index contributed by atoms with van der Waals surface area (Å²) in [6.45, 7) is 2.74. The molecule has 31 heavy (non-hydrogen) atoms. The highest BCUT2D eigenvalue weighted by Crippen LogP contribution is 2.21. The summed E-state index contributed by atoms with van der Waals surface area (Å²) in [6, 6.07) is 9.90. The minimum Gasteiger partial charge on any atom is -0.455 e. The molecule has 0 fully saturated rings. The van der Waals surface area contributed by atoms with Crippen LogP contribution in [0.3, 0.4) is 0 Å². The third-order valence-electron chi connectivity index (χ3n) is 3.91. The molecule has 2 aromatic carbocycles. The van der Waals surface area contributed by atoms with Crippen LogP contribution in [0.2, 0.25) is 0 Å². The predicted octanol–water partition coefficient (Wildman–Crippen LogP) is 3.28. The van der Waals surface area contributed by atoms with Crippen molar-refractivity contribution >= 4 is 46.6 Å². The van der Waals surface area contributed by atoms with Crippen LogP contribution in [0.1, 0.15) is 12.5 Å². The molecule has 9 nitrogen and oxygen atoms in total. The molecule has 164 valence electrons. The average molecular weight is 449 g/mol. The highest BCUT2D eigenvalue weighted by Gasteiger charge is 2.19. The SMILES string of the molecule is Cc1ccc(NC(=O)CSC(C)C(=O)OCC(=O)Nc2cc([N+](=O)[O-])ccc2F)cc1. The van der Waals surface area contributed by atoms with Gasteiger partial charge in [-0.25, -0.2) is 4.39 Å².